The van der Waals surface area contributed by atoms with Gasteiger partial charge in [-0.25, -0.2) is 9.98 Å². The molecular weight excluding hydrogens is 270 g/mol. The zero-order valence-corrected chi connectivity index (χ0v) is 12.2. The monoisotopic (exact) mass is 285 g/mol. The number of pyridine rings is 1. The molecule has 0 atom stereocenters. The predicted molar refractivity (Wildman–Crippen MR) is 81.7 cm³/mol. The molecule has 0 amide bonds. The molecular formula is C15H15N3OS. The zero-order chi connectivity index (χ0) is 13.9. The van der Waals surface area contributed by atoms with Gasteiger partial charge in [0.15, 0.2) is 5.17 Å². The second-order valence-corrected chi connectivity index (χ2v) is 5.47. The fourth-order valence-corrected chi connectivity index (χ4v) is 2.92. The van der Waals surface area contributed by atoms with Crippen LogP contribution in [0.15, 0.2) is 52.6 Å². The van der Waals surface area contributed by atoms with Crippen molar-refractivity contribution >= 4 is 22.6 Å². The maximum absolute atomic E-state index is 5.15. The van der Waals surface area contributed by atoms with Gasteiger partial charge in [-0.05, 0) is 42.1 Å². The molecule has 0 saturated heterocycles. The normalized spacial score (nSPS) is 16.1. The highest BCUT2D eigenvalue weighted by molar-refractivity contribution is 8.13. The van der Waals surface area contributed by atoms with Gasteiger partial charge in [-0.1, -0.05) is 6.07 Å². The van der Waals surface area contributed by atoms with Crippen molar-refractivity contribution < 1.29 is 4.74 Å². The molecule has 1 aliphatic heterocycles. The van der Waals surface area contributed by atoms with Gasteiger partial charge in [0.25, 0.3) is 0 Å². The van der Waals surface area contributed by atoms with Gasteiger partial charge in [0, 0.05) is 25.4 Å². The molecule has 5 heteroatoms. The Kier molecular flexibility index (Phi) is 3.60. The highest BCUT2D eigenvalue weighted by Crippen LogP contribution is 2.31. The molecule has 1 aliphatic rings. The van der Waals surface area contributed by atoms with E-state index in [1.807, 2.05) is 43.6 Å². The molecule has 0 radical (unpaired) electrons. The Hall–Kier alpha value is -2.01. The number of fused-ring (bicyclic) bond motifs is 1. The van der Waals surface area contributed by atoms with Gasteiger partial charge in [-0.2, -0.15) is 0 Å². The number of thioether (sulfide) groups is 1. The first-order chi connectivity index (χ1) is 9.76. The van der Waals surface area contributed by atoms with Crippen LogP contribution < -0.4 is 4.74 Å². The van der Waals surface area contributed by atoms with Gasteiger partial charge in [0.05, 0.1) is 12.8 Å². The summed E-state index contributed by atoms with van der Waals surface area (Å²) in [4.78, 5) is 11.2. The van der Waals surface area contributed by atoms with Gasteiger partial charge in [0.2, 0.25) is 0 Å². The van der Waals surface area contributed by atoms with E-state index < -0.39 is 0 Å². The highest BCUT2D eigenvalue weighted by atomic mass is 32.2. The van der Waals surface area contributed by atoms with Crippen molar-refractivity contribution in [1.29, 1.82) is 0 Å². The lowest BCUT2D eigenvalue weighted by atomic mass is 10.3. The van der Waals surface area contributed by atoms with Crippen molar-refractivity contribution in [1.82, 2.24) is 9.88 Å². The molecule has 20 heavy (non-hydrogen) atoms. The number of rotatable bonds is 2. The van der Waals surface area contributed by atoms with E-state index in [1.54, 1.807) is 18.9 Å². The first kappa shape index (κ1) is 13.0. The van der Waals surface area contributed by atoms with Crippen LogP contribution in [0.5, 0.6) is 5.75 Å². The fourth-order valence-electron chi connectivity index (χ4n) is 2.00. The van der Waals surface area contributed by atoms with E-state index in [9.17, 15) is 0 Å². The summed E-state index contributed by atoms with van der Waals surface area (Å²) in [6, 6.07) is 11.8. The molecule has 0 N–H and O–H groups in total. The second kappa shape index (κ2) is 5.54. The lowest BCUT2D eigenvalue weighted by molar-refractivity contribution is 0.415. The number of hydrogen-bond acceptors (Lipinski definition) is 4. The molecule has 2 heterocycles. The SMILES string of the molecule is COc1ccc(N=C2Sc3ncccc3CN2C)cc1. The Morgan fingerprint density at radius 2 is 2.05 bits per heavy atom. The van der Waals surface area contributed by atoms with Crippen molar-refractivity contribution in [2.24, 2.45) is 4.99 Å². The predicted octanol–water partition coefficient (Wildman–Crippen LogP) is 3.32. The van der Waals surface area contributed by atoms with Gasteiger partial charge in [0.1, 0.15) is 10.8 Å². The number of nitrogens with zero attached hydrogens (tertiary/aromatic N) is 3. The van der Waals surface area contributed by atoms with Gasteiger partial charge >= 0.3 is 0 Å². The Morgan fingerprint density at radius 3 is 2.80 bits per heavy atom. The van der Waals surface area contributed by atoms with Crippen molar-refractivity contribution in [2.45, 2.75) is 11.6 Å². The highest BCUT2D eigenvalue weighted by Gasteiger charge is 2.20. The van der Waals surface area contributed by atoms with Crippen LogP contribution in [0.3, 0.4) is 0 Å². The summed E-state index contributed by atoms with van der Waals surface area (Å²) >= 11 is 1.60. The van der Waals surface area contributed by atoms with Crippen LogP contribution in [-0.2, 0) is 6.54 Å². The number of hydrogen-bond donors (Lipinski definition) is 0. The van der Waals surface area contributed by atoms with Crippen LogP contribution >= 0.6 is 11.8 Å². The third-order valence-electron chi connectivity index (χ3n) is 3.07. The first-order valence-electron chi connectivity index (χ1n) is 6.32. The molecule has 0 bridgehead atoms. The van der Waals surface area contributed by atoms with Crippen LogP contribution in [0.2, 0.25) is 0 Å². The fraction of sp³-hybridized carbons (Fsp3) is 0.200. The molecule has 0 aliphatic carbocycles. The van der Waals surface area contributed by atoms with Crippen LogP contribution in [0.4, 0.5) is 5.69 Å². The van der Waals surface area contributed by atoms with Gasteiger partial charge < -0.3 is 9.64 Å². The van der Waals surface area contributed by atoms with E-state index in [0.29, 0.717) is 0 Å². The Balaban J connectivity index is 1.88. The van der Waals surface area contributed by atoms with Crippen molar-refractivity contribution in [3.63, 3.8) is 0 Å². The zero-order valence-electron chi connectivity index (χ0n) is 11.4. The Morgan fingerprint density at radius 1 is 1.25 bits per heavy atom. The van der Waals surface area contributed by atoms with Crippen LogP contribution in [0, 0.1) is 0 Å². The lowest BCUT2D eigenvalue weighted by Gasteiger charge is -2.26. The molecule has 3 rings (SSSR count). The van der Waals surface area contributed by atoms with Gasteiger partial charge in [-0.3, -0.25) is 0 Å². The van der Waals surface area contributed by atoms with E-state index in [1.165, 1.54) is 5.56 Å². The Labute approximate surface area is 122 Å². The smallest absolute Gasteiger partial charge is 0.170 e. The summed E-state index contributed by atoms with van der Waals surface area (Å²) in [6.07, 6.45) is 1.82. The summed E-state index contributed by atoms with van der Waals surface area (Å²) in [6.45, 7) is 0.838. The molecule has 0 saturated carbocycles. The number of benzene rings is 1. The molecule has 1 aromatic carbocycles. The topological polar surface area (TPSA) is 37.7 Å². The minimum Gasteiger partial charge on any atom is -0.497 e. The summed E-state index contributed by atoms with van der Waals surface area (Å²) in [7, 11) is 3.71. The average molecular weight is 285 g/mol. The van der Waals surface area contributed by atoms with E-state index in [0.717, 1.165) is 28.2 Å². The van der Waals surface area contributed by atoms with E-state index in [-0.39, 0.29) is 0 Å². The number of aliphatic imine (C=N–C) groups is 1. The molecule has 2 aromatic rings. The number of methoxy groups -OCH3 is 1. The average Bonchev–Trinajstić information content (AvgIpc) is 2.49. The molecule has 0 spiro atoms. The second-order valence-electron chi connectivity index (χ2n) is 4.52. The van der Waals surface area contributed by atoms with Crippen molar-refractivity contribution in [3.05, 3.63) is 48.2 Å². The van der Waals surface area contributed by atoms with E-state index in [4.69, 9.17) is 4.74 Å². The largest absolute Gasteiger partial charge is 0.497 e. The number of amidine groups is 1. The number of aromatic nitrogens is 1. The van der Waals surface area contributed by atoms with E-state index in [2.05, 4.69) is 20.9 Å². The maximum Gasteiger partial charge on any atom is 0.170 e. The molecule has 0 unspecified atom stereocenters. The maximum atomic E-state index is 5.15. The minimum atomic E-state index is 0.838. The van der Waals surface area contributed by atoms with Crippen LogP contribution in [0.25, 0.3) is 0 Å². The summed E-state index contributed by atoms with van der Waals surface area (Å²) in [5.74, 6) is 0.839. The lowest BCUT2D eigenvalue weighted by Crippen LogP contribution is -2.27. The molecule has 102 valence electrons. The summed E-state index contributed by atoms with van der Waals surface area (Å²) in [5, 5.41) is 2.00. The molecule has 4 nitrogen and oxygen atoms in total. The third kappa shape index (κ3) is 2.63. The third-order valence-corrected chi connectivity index (χ3v) is 4.22. The van der Waals surface area contributed by atoms with Gasteiger partial charge in [-0.15, -0.1) is 0 Å². The molecule has 0 fully saturated rings. The Bertz CT molecular complexity index is 640. The number of ether oxygens (including phenoxy) is 1. The standard InChI is InChI=1S/C15H15N3OS/c1-18-10-11-4-3-9-16-14(11)20-15(18)17-12-5-7-13(19-2)8-6-12/h3-9H,10H2,1-2H3. The van der Waals surface area contributed by atoms with Crippen molar-refractivity contribution in [3.8, 4) is 5.75 Å². The summed E-state index contributed by atoms with van der Waals surface area (Å²) in [5.41, 5.74) is 2.16. The van der Waals surface area contributed by atoms with Crippen molar-refractivity contribution in [2.75, 3.05) is 14.2 Å². The van der Waals surface area contributed by atoms with E-state index >= 15 is 0 Å². The summed E-state index contributed by atoms with van der Waals surface area (Å²) < 4.78 is 5.15. The molecule has 1 aromatic heterocycles. The quantitative estimate of drug-likeness (QED) is 0.848. The van der Waals surface area contributed by atoms with Crippen LogP contribution in [-0.4, -0.2) is 29.2 Å². The first-order valence-corrected chi connectivity index (χ1v) is 7.13. The van der Waals surface area contributed by atoms with Crippen LogP contribution in [0.1, 0.15) is 5.56 Å². The minimum absolute atomic E-state index is 0.838.